The van der Waals surface area contributed by atoms with Gasteiger partial charge in [0.05, 0.1) is 10.2 Å². The molecule has 0 amide bonds. The van der Waals surface area contributed by atoms with Crippen molar-refractivity contribution in [3.8, 4) is 0 Å². The first-order valence-electron chi connectivity index (χ1n) is 6.30. The lowest BCUT2D eigenvalue weighted by atomic mass is 9.98. The number of fused-ring (bicyclic) bond motifs is 1. The second-order valence-corrected chi connectivity index (χ2v) is 6.17. The van der Waals surface area contributed by atoms with E-state index in [1.54, 1.807) is 4.52 Å². The van der Waals surface area contributed by atoms with E-state index >= 15 is 0 Å². The van der Waals surface area contributed by atoms with Crippen LogP contribution in [0.15, 0.2) is 4.47 Å². The number of nitrogens with zero attached hydrogens (tertiary/aromatic N) is 3. The van der Waals surface area contributed by atoms with Crippen LogP contribution in [-0.2, 0) is 0 Å². The van der Waals surface area contributed by atoms with Crippen LogP contribution < -0.4 is 0 Å². The van der Waals surface area contributed by atoms with Gasteiger partial charge in [0.1, 0.15) is 5.15 Å². The third-order valence-corrected chi connectivity index (χ3v) is 5.09. The normalized spacial score (nSPS) is 16.9. The molecular weight excluding hydrogens is 314 g/mol. The Balaban J connectivity index is 2.26. The molecule has 3 rings (SSSR count). The molecule has 0 unspecified atom stereocenters. The predicted octanol–water partition coefficient (Wildman–Crippen LogP) is 4.42. The Bertz CT molecular complexity index is 614. The molecule has 2 aromatic heterocycles. The molecule has 0 aliphatic heterocycles. The molecule has 0 bridgehead atoms. The summed E-state index contributed by atoms with van der Waals surface area (Å²) in [5.74, 6) is 0.553. The fourth-order valence-corrected chi connectivity index (χ4v) is 3.63. The van der Waals surface area contributed by atoms with Crippen LogP contribution in [0.2, 0.25) is 5.15 Å². The fraction of sp³-hybridized carbons (Fsp3) is 0.538. The molecule has 0 saturated heterocycles. The van der Waals surface area contributed by atoms with Crippen LogP contribution in [0, 0.1) is 13.8 Å². The van der Waals surface area contributed by atoms with Crippen molar-refractivity contribution in [2.24, 2.45) is 0 Å². The Morgan fingerprint density at radius 1 is 1.22 bits per heavy atom. The molecule has 1 aliphatic carbocycles. The van der Waals surface area contributed by atoms with Crippen LogP contribution >= 0.6 is 27.5 Å². The summed E-state index contributed by atoms with van der Waals surface area (Å²) in [4.78, 5) is 4.67. The first-order valence-corrected chi connectivity index (χ1v) is 7.47. The Labute approximate surface area is 120 Å². The molecule has 1 aliphatic rings. The van der Waals surface area contributed by atoms with Crippen molar-refractivity contribution in [1.29, 1.82) is 0 Å². The van der Waals surface area contributed by atoms with Gasteiger partial charge in [-0.1, -0.05) is 24.4 Å². The Morgan fingerprint density at radius 2 is 1.89 bits per heavy atom. The highest BCUT2D eigenvalue weighted by Crippen LogP contribution is 2.39. The maximum absolute atomic E-state index is 6.55. The van der Waals surface area contributed by atoms with Crippen LogP contribution in [-0.4, -0.2) is 14.6 Å². The lowest BCUT2D eigenvalue weighted by molar-refractivity contribution is 0.699. The molecule has 0 radical (unpaired) electrons. The smallest absolute Gasteiger partial charge is 0.171 e. The second kappa shape index (κ2) is 4.49. The number of hydrogen-bond acceptors (Lipinski definition) is 2. The summed E-state index contributed by atoms with van der Waals surface area (Å²) in [6, 6.07) is 0. The predicted molar refractivity (Wildman–Crippen MR) is 76.4 cm³/mol. The van der Waals surface area contributed by atoms with E-state index in [1.807, 2.05) is 13.8 Å². The zero-order valence-corrected chi connectivity index (χ0v) is 12.8. The highest BCUT2D eigenvalue weighted by Gasteiger charge is 2.25. The van der Waals surface area contributed by atoms with Crippen LogP contribution in [0.3, 0.4) is 0 Å². The quantitative estimate of drug-likeness (QED) is 0.725. The van der Waals surface area contributed by atoms with Crippen molar-refractivity contribution in [3.05, 3.63) is 26.6 Å². The fourth-order valence-electron chi connectivity index (χ4n) is 2.89. The summed E-state index contributed by atoms with van der Waals surface area (Å²) in [5.41, 5.74) is 3.97. The van der Waals surface area contributed by atoms with E-state index in [0.29, 0.717) is 5.92 Å². The van der Waals surface area contributed by atoms with Crippen molar-refractivity contribution in [2.75, 3.05) is 0 Å². The number of aryl methyl sites for hydroxylation is 2. The van der Waals surface area contributed by atoms with Gasteiger partial charge in [-0.05, 0) is 48.5 Å². The number of halogens is 2. The van der Waals surface area contributed by atoms with Crippen molar-refractivity contribution >= 4 is 33.2 Å². The van der Waals surface area contributed by atoms with E-state index in [9.17, 15) is 0 Å². The largest absolute Gasteiger partial charge is 0.232 e. The van der Waals surface area contributed by atoms with Gasteiger partial charge < -0.3 is 0 Å². The molecule has 1 saturated carbocycles. The summed E-state index contributed by atoms with van der Waals surface area (Å²) < 4.78 is 2.70. The van der Waals surface area contributed by atoms with Crippen molar-refractivity contribution in [2.45, 2.75) is 45.4 Å². The summed E-state index contributed by atoms with van der Waals surface area (Å²) >= 11 is 10.1. The molecule has 0 N–H and O–H groups in total. The molecule has 1 fully saturated rings. The number of hydrogen-bond donors (Lipinski definition) is 0. The minimum atomic E-state index is 0.553. The van der Waals surface area contributed by atoms with Gasteiger partial charge in [0, 0.05) is 11.3 Å². The Hall–Kier alpha value is -0.610. The SMILES string of the molecule is Cc1nc2c(Br)c(C)nn2c(Cl)c1C1CCCC1. The average Bonchev–Trinajstić information content (AvgIpc) is 2.92. The minimum Gasteiger partial charge on any atom is -0.232 e. The first kappa shape index (κ1) is 12.4. The molecular formula is C13H15BrClN3. The molecule has 96 valence electrons. The third-order valence-electron chi connectivity index (χ3n) is 3.80. The van der Waals surface area contributed by atoms with Gasteiger partial charge in [-0.3, -0.25) is 0 Å². The zero-order valence-electron chi connectivity index (χ0n) is 10.5. The average molecular weight is 329 g/mol. The maximum atomic E-state index is 6.55. The molecule has 3 nitrogen and oxygen atoms in total. The summed E-state index contributed by atoms with van der Waals surface area (Å²) in [6.45, 7) is 4.01. The first-order chi connectivity index (χ1) is 8.59. The van der Waals surface area contributed by atoms with Gasteiger partial charge in [-0.2, -0.15) is 5.10 Å². The van der Waals surface area contributed by atoms with Gasteiger partial charge >= 0.3 is 0 Å². The van der Waals surface area contributed by atoms with Gasteiger partial charge in [0.2, 0.25) is 0 Å². The van der Waals surface area contributed by atoms with Crippen molar-refractivity contribution < 1.29 is 0 Å². The van der Waals surface area contributed by atoms with Crippen LogP contribution in [0.4, 0.5) is 0 Å². The van der Waals surface area contributed by atoms with Gasteiger partial charge in [0.25, 0.3) is 0 Å². The van der Waals surface area contributed by atoms with E-state index in [4.69, 9.17) is 11.6 Å². The number of rotatable bonds is 1. The van der Waals surface area contributed by atoms with Gasteiger partial charge in [-0.25, -0.2) is 9.50 Å². The minimum absolute atomic E-state index is 0.553. The van der Waals surface area contributed by atoms with Crippen LogP contribution in [0.25, 0.3) is 5.65 Å². The molecule has 0 atom stereocenters. The molecule has 2 aromatic rings. The van der Waals surface area contributed by atoms with Gasteiger partial charge in [0.15, 0.2) is 5.65 Å². The highest BCUT2D eigenvalue weighted by molar-refractivity contribution is 9.10. The summed E-state index contributed by atoms with van der Waals surface area (Å²) in [5, 5.41) is 5.20. The lowest BCUT2D eigenvalue weighted by Crippen LogP contribution is -2.05. The lowest BCUT2D eigenvalue weighted by Gasteiger charge is -2.15. The van der Waals surface area contributed by atoms with Gasteiger partial charge in [-0.15, -0.1) is 0 Å². The van der Waals surface area contributed by atoms with Crippen molar-refractivity contribution in [1.82, 2.24) is 14.6 Å². The third kappa shape index (κ3) is 1.77. The van der Waals surface area contributed by atoms with E-state index in [0.717, 1.165) is 26.7 Å². The molecule has 2 heterocycles. The Kier molecular flexibility index (Phi) is 3.10. The maximum Gasteiger partial charge on any atom is 0.171 e. The van der Waals surface area contributed by atoms with E-state index in [2.05, 4.69) is 26.0 Å². The zero-order chi connectivity index (χ0) is 12.9. The van der Waals surface area contributed by atoms with E-state index < -0.39 is 0 Å². The molecule has 18 heavy (non-hydrogen) atoms. The Morgan fingerprint density at radius 3 is 2.56 bits per heavy atom. The monoisotopic (exact) mass is 327 g/mol. The molecule has 0 aromatic carbocycles. The molecule has 0 spiro atoms. The van der Waals surface area contributed by atoms with E-state index in [1.165, 1.54) is 31.2 Å². The topological polar surface area (TPSA) is 30.2 Å². The second-order valence-electron chi connectivity index (χ2n) is 5.02. The number of aromatic nitrogens is 3. The standard InChI is InChI=1S/C13H15BrClN3/c1-7-10(9-5-3-4-6-9)12(15)18-13(16-7)11(14)8(2)17-18/h9H,3-6H2,1-2H3. The summed E-state index contributed by atoms with van der Waals surface area (Å²) in [6.07, 6.45) is 5.02. The van der Waals surface area contributed by atoms with Crippen LogP contribution in [0.1, 0.15) is 48.6 Å². The van der Waals surface area contributed by atoms with Crippen LogP contribution in [0.5, 0.6) is 0 Å². The molecule has 5 heteroatoms. The highest BCUT2D eigenvalue weighted by atomic mass is 79.9. The van der Waals surface area contributed by atoms with E-state index in [-0.39, 0.29) is 0 Å². The van der Waals surface area contributed by atoms with Crippen molar-refractivity contribution in [3.63, 3.8) is 0 Å². The summed E-state index contributed by atoms with van der Waals surface area (Å²) in [7, 11) is 0.